The summed E-state index contributed by atoms with van der Waals surface area (Å²) in [5.41, 5.74) is 1.84. The Labute approximate surface area is 165 Å². The van der Waals surface area contributed by atoms with E-state index in [0.29, 0.717) is 5.56 Å². The minimum atomic E-state index is -1.46. The molecule has 0 saturated heterocycles. The highest BCUT2D eigenvalue weighted by Crippen LogP contribution is 2.38. The largest absolute Gasteiger partial charge is 0.371 e. The van der Waals surface area contributed by atoms with E-state index in [9.17, 15) is 22.8 Å². The maximum atomic E-state index is 14.5. The fraction of sp³-hybridized carbons (Fsp3) is 0.304. The van der Waals surface area contributed by atoms with Crippen molar-refractivity contribution in [2.75, 3.05) is 18.0 Å². The number of carbonyl (C=O) groups excluding carboxylic acids is 2. The highest BCUT2D eigenvalue weighted by atomic mass is 19.2. The van der Waals surface area contributed by atoms with Gasteiger partial charge in [0.1, 0.15) is 5.82 Å². The second-order valence-electron chi connectivity index (χ2n) is 7.92. The number of rotatable bonds is 1. The van der Waals surface area contributed by atoms with Crippen LogP contribution in [0.15, 0.2) is 17.7 Å². The van der Waals surface area contributed by atoms with Crippen LogP contribution in [-0.4, -0.2) is 24.7 Å². The summed E-state index contributed by atoms with van der Waals surface area (Å²) >= 11 is 0. The van der Waals surface area contributed by atoms with Crippen molar-refractivity contribution in [3.05, 3.63) is 68.5 Å². The van der Waals surface area contributed by atoms with Gasteiger partial charge in [-0.15, -0.1) is 0 Å². The van der Waals surface area contributed by atoms with Crippen molar-refractivity contribution in [3.8, 4) is 0 Å². The molecule has 0 saturated carbocycles. The monoisotopic (exact) mass is 397 g/mol. The molecule has 0 fully saturated rings. The van der Waals surface area contributed by atoms with Crippen LogP contribution >= 0.6 is 0 Å². The standard InChI is InChI=1S/C23H18F3NO2/c1-11-18(24)16-17(20(26)19(11)25)23(29)15(22(16)28)10-12-8-13-4-2-6-27-7-3-5-14(9-12)21(13)27/h8-10H,2-7H2,1H3/b15-10-. The highest BCUT2D eigenvalue weighted by Gasteiger charge is 2.41. The molecule has 0 spiro atoms. The molecule has 5 rings (SSSR count). The van der Waals surface area contributed by atoms with Gasteiger partial charge in [0.25, 0.3) is 0 Å². The second-order valence-corrected chi connectivity index (χ2v) is 7.92. The van der Waals surface area contributed by atoms with Gasteiger partial charge in [-0.25, -0.2) is 13.2 Å². The van der Waals surface area contributed by atoms with Crippen molar-refractivity contribution in [2.45, 2.75) is 32.6 Å². The van der Waals surface area contributed by atoms with Crippen molar-refractivity contribution in [3.63, 3.8) is 0 Å². The smallest absolute Gasteiger partial charge is 0.200 e. The van der Waals surface area contributed by atoms with Crippen molar-refractivity contribution in [2.24, 2.45) is 0 Å². The number of allylic oxidation sites excluding steroid dienone is 1. The third kappa shape index (κ3) is 2.51. The molecule has 3 aliphatic rings. The summed E-state index contributed by atoms with van der Waals surface area (Å²) in [6, 6.07) is 3.87. The van der Waals surface area contributed by atoms with Gasteiger partial charge in [0.2, 0.25) is 11.6 Å². The normalized spacial score (nSPS) is 19.0. The lowest BCUT2D eigenvalue weighted by molar-refractivity contribution is 0.0988. The number of hydrogen-bond acceptors (Lipinski definition) is 3. The van der Waals surface area contributed by atoms with Gasteiger partial charge in [-0.3, -0.25) is 9.59 Å². The molecule has 2 heterocycles. The highest BCUT2D eigenvalue weighted by molar-refractivity contribution is 6.41. The van der Waals surface area contributed by atoms with Crippen LogP contribution < -0.4 is 4.90 Å². The van der Waals surface area contributed by atoms with E-state index in [0.717, 1.165) is 56.8 Å². The van der Waals surface area contributed by atoms with Crippen LogP contribution in [0.5, 0.6) is 0 Å². The summed E-state index contributed by atoms with van der Waals surface area (Å²) in [5, 5.41) is 0. The number of fused-ring (bicyclic) bond motifs is 1. The number of Topliss-reactive ketones (excluding diaryl/α,β-unsaturated/α-hetero) is 2. The fourth-order valence-electron chi connectivity index (χ4n) is 4.79. The van der Waals surface area contributed by atoms with Crippen LogP contribution in [0.1, 0.15) is 55.8 Å². The summed E-state index contributed by atoms with van der Waals surface area (Å²) in [6.07, 6.45) is 5.27. The molecule has 0 aromatic heterocycles. The SMILES string of the molecule is Cc1c(F)c(F)c2c(c1F)C(=O)/C(=C/c1cc3c4c(c1)CCCN4CCC3)C2=O. The molecule has 2 aromatic carbocycles. The van der Waals surface area contributed by atoms with Crippen LogP contribution in [0.3, 0.4) is 0 Å². The Kier molecular flexibility index (Phi) is 3.95. The number of anilines is 1. The molecule has 6 heteroatoms. The zero-order valence-electron chi connectivity index (χ0n) is 15.9. The molecule has 0 bridgehead atoms. The lowest BCUT2D eigenvalue weighted by Crippen LogP contribution is -2.34. The van der Waals surface area contributed by atoms with E-state index in [-0.39, 0.29) is 5.57 Å². The molecule has 148 valence electrons. The molecule has 0 unspecified atom stereocenters. The van der Waals surface area contributed by atoms with E-state index in [1.807, 2.05) is 12.1 Å². The van der Waals surface area contributed by atoms with Crippen LogP contribution in [-0.2, 0) is 12.8 Å². The van der Waals surface area contributed by atoms with Gasteiger partial charge >= 0.3 is 0 Å². The Bertz CT molecular complexity index is 1070. The molecule has 0 amide bonds. The molecule has 1 aliphatic carbocycles. The molecular formula is C23H18F3NO2. The first-order valence-electron chi connectivity index (χ1n) is 9.77. The summed E-state index contributed by atoms with van der Waals surface area (Å²) < 4.78 is 42.7. The van der Waals surface area contributed by atoms with Crippen LogP contribution in [0.2, 0.25) is 0 Å². The Morgan fingerprint density at radius 1 is 0.862 bits per heavy atom. The first kappa shape index (κ1) is 18.2. The summed E-state index contributed by atoms with van der Waals surface area (Å²) in [4.78, 5) is 27.8. The molecule has 29 heavy (non-hydrogen) atoms. The number of hydrogen-bond donors (Lipinski definition) is 0. The zero-order chi connectivity index (χ0) is 20.4. The Morgan fingerprint density at radius 3 is 2.00 bits per heavy atom. The van der Waals surface area contributed by atoms with Gasteiger partial charge < -0.3 is 4.90 Å². The lowest BCUT2D eigenvalue weighted by atomic mass is 9.89. The second kappa shape index (κ2) is 6.31. The van der Waals surface area contributed by atoms with Crippen molar-refractivity contribution in [1.29, 1.82) is 0 Å². The summed E-state index contributed by atoms with van der Waals surface area (Å²) in [7, 11) is 0. The first-order chi connectivity index (χ1) is 13.9. The number of halogens is 3. The molecule has 0 N–H and O–H groups in total. The minimum Gasteiger partial charge on any atom is -0.371 e. The fourth-order valence-corrected chi connectivity index (χ4v) is 4.79. The number of aryl methyl sites for hydroxylation is 2. The number of carbonyl (C=O) groups is 2. The van der Waals surface area contributed by atoms with Gasteiger partial charge in [0.15, 0.2) is 11.6 Å². The minimum absolute atomic E-state index is 0.321. The average molecular weight is 397 g/mol. The quantitative estimate of drug-likeness (QED) is 0.402. The Hall–Kier alpha value is -2.89. The third-order valence-corrected chi connectivity index (χ3v) is 6.15. The van der Waals surface area contributed by atoms with Gasteiger partial charge in [0.05, 0.1) is 16.7 Å². The number of ketones is 2. The molecular weight excluding hydrogens is 379 g/mol. The molecule has 0 atom stereocenters. The Balaban J connectivity index is 1.64. The van der Waals surface area contributed by atoms with Gasteiger partial charge in [-0.05, 0) is 67.5 Å². The van der Waals surface area contributed by atoms with Crippen LogP contribution in [0.4, 0.5) is 18.9 Å². The summed E-state index contributed by atoms with van der Waals surface area (Å²) in [6.45, 7) is 3.10. The van der Waals surface area contributed by atoms with Crippen molar-refractivity contribution < 1.29 is 22.8 Å². The zero-order valence-corrected chi connectivity index (χ0v) is 15.9. The van der Waals surface area contributed by atoms with E-state index in [1.54, 1.807) is 0 Å². The molecule has 0 radical (unpaired) electrons. The lowest BCUT2D eigenvalue weighted by Gasteiger charge is -2.37. The van der Waals surface area contributed by atoms with E-state index in [1.165, 1.54) is 11.8 Å². The maximum Gasteiger partial charge on any atom is 0.200 e. The maximum absolute atomic E-state index is 14.5. The van der Waals surface area contributed by atoms with E-state index in [2.05, 4.69) is 4.90 Å². The van der Waals surface area contributed by atoms with Gasteiger partial charge in [-0.1, -0.05) is 0 Å². The molecule has 2 aromatic rings. The van der Waals surface area contributed by atoms with Crippen molar-refractivity contribution in [1.82, 2.24) is 0 Å². The van der Waals surface area contributed by atoms with E-state index < -0.39 is 45.7 Å². The van der Waals surface area contributed by atoms with Gasteiger partial charge in [0, 0.05) is 24.3 Å². The van der Waals surface area contributed by atoms with E-state index >= 15 is 0 Å². The predicted molar refractivity (Wildman–Crippen MR) is 103 cm³/mol. The molecule has 3 nitrogen and oxygen atoms in total. The topological polar surface area (TPSA) is 37.4 Å². The average Bonchev–Trinajstić information content (AvgIpc) is 2.96. The Morgan fingerprint density at radius 2 is 1.41 bits per heavy atom. The number of benzene rings is 2. The first-order valence-corrected chi connectivity index (χ1v) is 9.77. The predicted octanol–water partition coefficient (Wildman–Crippen LogP) is 4.57. The van der Waals surface area contributed by atoms with Gasteiger partial charge in [-0.2, -0.15) is 0 Å². The van der Waals surface area contributed by atoms with Crippen molar-refractivity contribution >= 4 is 23.3 Å². The third-order valence-electron chi connectivity index (χ3n) is 6.15. The van der Waals surface area contributed by atoms with E-state index in [4.69, 9.17) is 0 Å². The number of nitrogens with zero attached hydrogens (tertiary/aromatic N) is 1. The molecule has 2 aliphatic heterocycles. The van der Waals surface area contributed by atoms with Crippen LogP contribution in [0.25, 0.3) is 6.08 Å². The summed E-state index contributed by atoms with van der Waals surface area (Å²) in [5.74, 6) is -5.92. The van der Waals surface area contributed by atoms with Crippen LogP contribution in [0, 0.1) is 24.4 Å².